The molecule has 140 valence electrons. The second-order valence-corrected chi connectivity index (χ2v) is 7.11. The molecule has 3 aromatic rings. The maximum absolute atomic E-state index is 5.78. The summed E-state index contributed by atoms with van der Waals surface area (Å²) in [5, 5.41) is 4.30. The van der Waals surface area contributed by atoms with Crippen molar-refractivity contribution in [3.05, 3.63) is 53.3 Å². The standard InChI is InChI=1S/C20H20BrN3O3/c21-14-2-7-18-17(12-14)20(23-13-22-18)24-15-3-5-16(6-4-15)25-11-8-19-26-9-1-10-27-19/h2-7,12-13,19H,1,8-11H2,(H,22,23,24). The first-order valence-electron chi connectivity index (χ1n) is 8.91. The van der Waals surface area contributed by atoms with E-state index in [4.69, 9.17) is 14.2 Å². The Morgan fingerprint density at radius 2 is 1.89 bits per heavy atom. The molecule has 0 radical (unpaired) electrons. The van der Waals surface area contributed by atoms with Gasteiger partial charge in [-0.15, -0.1) is 0 Å². The summed E-state index contributed by atoms with van der Waals surface area (Å²) in [6, 6.07) is 13.7. The Bertz CT molecular complexity index is 899. The van der Waals surface area contributed by atoms with E-state index in [9.17, 15) is 0 Å². The van der Waals surface area contributed by atoms with Crippen molar-refractivity contribution in [2.24, 2.45) is 0 Å². The lowest BCUT2D eigenvalue weighted by Crippen LogP contribution is -2.26. The van der Waals surface area contributed by atoms with E-state index in [-0.39, 0.29) is 6.29 Å². The molecular weight excluding hydrogens is 410 g/mol. The van der Waals surface area contributed by atoms with Crippen LogP contribution in [0.25, 0.3) is 10.9 Å². The van der Waals surface area contributed by atoms with Crippen LogP contribution in [0.5, 0.6) is 5.75 Å². The van der Waals surface area contributed by atoms with Crippen LogP contribution in [-0.2, 0) is 9.47 Å². The van der Waals surface area contributed by atoms with Gasteiger partial charge in [0.2, 0.25) is 0 Å². The number of rotatable bonds is 6. The molecule has 1 aliphatic heterocycles. The predicted octanol–water partition coefficient (Wildman–Crippen LogP) is 4.67. The summed E-state index contributed by atoms with van der Waals surface area (Å²) >= 11 is 3.50. The van der Waals surface area contributed by atoms with Crippen LogP contribution >= 0.6 is 15.9 Å². The molecule has 0 bridgehead atoms. The molecule has 1 aliphatic rings. The highest BCUT2D eigenvalue weighted by atomic mass is 79.9. The predicted molar refractivity (Wildman–Crippen MR) is 107 cm³/mol. The minimum atomic E-state index is -0.148. The molecule has 0 aliphatic carbocycles. The molecule has 4 rings (SSSR count). The number of nitrogens with one attached hydrogen (secondary N) is 1. The monoisotopic (exact) mass is 429 g/mol. The summed E-state index contributed by atoms with van der Waals surface area (Å²) < 4.78 is 17.8. The van der Waals surface area contributed by atoms with Gasteiger partial charge in [-0.25, -0.2) is 9.97 Å². The first-order chi connectivity index (χ1) is 13.3. The summed E-state index contributed by atoms with van der Waals surface area (Å²) in [6.07, 6.45) is 3.10. The molecule has 27 heavy (non-hydrogen) atoms. The number of halogens is 1. The van der Waals surface area contributed by atoms with E-state index < -0.39 is 0 Å². The molecule has 0 amide bonds. The van der Waals surface area contributed by atoms with E-state index in [0.29, 0.717) is 6.61 Å². The third-order valence-electron chi connectivity index (χ3n) is 4.23. The van der Waals surface area contributed by atoms with Crippen LogP contribution in [0.1, 0.15) is 12.8 Å². The van der Waals surface area contributed by atoms with Crippen LogP contribution in [0.2, 0.25) is 0 Å². The Morgan fingerprint density at radius 3 is 2.70 bits per heavy atom. The average Bonchev–Trinajstić information content (AvgIpc) is 2.71. The van der Waals surface area contributed by atoms with Crippen LogP contribution in [0.3, 0.4) is 0 Å². The van der Waals surface area contributed by atoms with Gasteiger partial charge in [-0.2, -0.15) is 0 Å². The molecule has 7 heteroatoms. The van der Waals surface area contributed by atoms with Crippen molar-refractivity contribution in [3.8, 4) is 5.75 Å². The summed E-state index contributed by atoms with van der Waals surface area (Å²) in [6.45, 7) is 2.08. The molecule has 0 unspecified atom stereocenters. The third kappa shape index (κ3) is 4.74. The fourth-order valence-corrected chi connectivity index (χ4v) is 3.24. The first kappa shape index (κ1) is 18.2. The molecule has 1 fully saturated rings. The highest BCUT2D eigenvalue weighted by Gasteiger charge is 2.13. The molecule has 0 saturated carbocycles. The third-order valence-corrected chi connectivity index (χ3v) is 4.73. The van der Waals surface area contributed by atoms with Crippen molar-refractivity contribution in [1.29, 1.82) is 0 Å². The van der Waals surface area contributed by atoms with Crippen molar-refractivity contribution in [3.63, 3.8) is 0 Å². The molecule has 0 atom stereocenters. The minimum absolute atomic E-state index is 0.148. The Morgan fingerprint density at radius 1 is 1.07 bits per heavy atom. The van der Waals surface area contributed by atoms with Gasteiger partial charge in [0.05, 0.1) is 25.3 Å². The quantitative estimate of drug-likeness (QED) is 0.614. The fraction of sp³-hybridized carbons (Fsp3) is 0.300. The molecule has 1 aromatic heterocycles. The summed E-state index contributed by atoms with van der Waals surface area (Å²) in [5.74, 6) is 1.58. The van der Waals surface area contributed by atoms with Crippen LogP contribution in [0.15, 0.2) is 53.3 Å². The number of anilines is 2. The molecular formula is C20H20BrN3O3. The molecule has 2 aromatic carbocycles. The molecule has 2 heterocycles. The first-order valence-corrected chi connectivity index (χ1v) is 9.70. The van der Waals surface area contributed by atoms with E-state index >= 15 is 0 Å². The zero-order chi connectivity index (χ0) is 18.5. The highest BCUT2D eigenvalue weighted by Crippen LogP contribution is 2.26. The summed E-state index contributed by atoms with van der Waals surface area (Å²) in [4.78, 5) is 8.66. The molecule has 0 spiro atoms. The normalized spacial score (nSPS) is 15.0. The largest absolute Gasteiger partial charge is 0.493 e. The zero-order valence-electron chi connectivity index (χ0n) is 14.7. The van der Waals surface area contributed by atoms with E-state index in [1.54, 1.807) is 6.33 Å². The second-order valence-electron chi connectivity index (χ2n) is 6.19. The minimum Gasteiger partial charge on any atom is -0.493 e. The van der Waals surface area contributed by atoms with Crippen molar-refractivity contribution >= 4 is 38.3 Å². The fourth-order valence-electron chi connectivity index (χ4n) is 2.88. The lowest BCUT2D eigenvalue weighted by Gasteiger charge is -2.23. The molecule has 1 saturated heterocycles. The maximum atomic E-state index is 5.78. The van der Waals surface area contributed by atoms with Gasteiger partial charge in [-0.05, 0) is 48.9 Å². The number of ether oxygens (including phenoxy) is 3. The maximum Gasteiger partial charge on any atom is 0.160 e. The number of nitrogens with zero attached hydrogens (tertiary/aromatic N) is 2. The average molecular weight is 430 g/mol. The van der Waals surface area contributed by atoms with Gasteiger partial charge < -0.3 is 19.5 Å². The van der Waals surface area contributed by atoms with Crippen molar-refractivity contribution < 1.29 is 14.2 Å². The number of benzene rings is 2. The van der Waals surface area contributed by atoms with Crippen molar-refractivity contribution in [1.82, 2.24) is 9.97 Å². The highest BCUT2D eigenvalue weighted by molar-refractivity contribution is 9.10. The van der Waals surface area contributed by atoms with E-state index in [0.717, 1.165) is 58.7 Å². The molecule has 1 N–H and O–H groups in total. The second kappa shape index (κ2) is 8.65. The number of aromatic nitrogens is 2. The molecule has 6 nitrogen and oxygen atoms in total. The van der Waals surface area contributed by atoms with Gasteiger partial charge in [0.25, 0.3) is 0 Å². The van der Waals surface area contributed by atoms with E-state index in [1.165, 1.54) is 0 Å². The van der Waals surface area contributed by atoms with E-state index in [2.05, 4.69) is 31.2 Å². The lowest BCUT2D eigenvalue weighted by atomic mass is 10.2. The van der Waals surface area contributed by atoms with Crippen LogP contribution < -0.4 is 10.1 Å². The van der Waals surface area contributed by atoms with Crippen LogP contribution in [0.4, 0.5) is 11.5 Å². The van der Waals surface area contributed by atoms with Gasteiger partial charge in [-0.1, -0.05) is 15.9 Å². The number of hydrogen-bond acceptors (Lipinski definition) is 6. The van der Waals surface area contributed by atoms with Gasteiger partial charge in [-0.3, -0.25) is 0 Å². The van der Waals surface area contributed by atoms with Crippen molar-refractivity contribution in [2.45, 2.75) is 19.1 Å². The summed E-state index contributed by atoms with van der Waals surface area (Å²) in [7, 11) is 0. The Kier molecular flexibility index (Phi) is 5.81. The van der Waals surface area contributed by atoms with Gasteiger partial charge in [0.15, 0.2) is 6.29 Å². The SMILES string of the molecule is Brc1ccc2ncnc(Nc3ccc(OCCC4OCCCO4)cc3)c2c1. The summed E-state index contributed by atoms with van der Waals surface area (Å²) in [5.41, 5.74) is 1.82. The van der Waals surface area contributed by atoms with E-state index in [1.807, 2.05) is 42.5 Å². The smallest absolute Gasteiger partial charge is 0.160 e. The van der Waals surface area contributed by atoms with Crippen LogP contribution in [-0.4, -0.2) is 36.1 Å². The van der Waals surface area contributed by atoms with Gasteiger partial charge >= 0.3 is 0 Å². The Labute approximate surface area is 166 Å². The van der Waals surface area contributed by atoms with Gasteiger partial charge in [0.1, 0.15) is 17.9 Å². The lowest BCUT2D eigenvalue weighted by molar-refractivity contribution is -0.183. The van der Waals surface area contributed by atoms with Gasteiger partial charge in [0, 0.05) is 22.0 Å². The number of hydrogen-bond donors (Lipinski definition) is 1. The zero-order valence-corrected chi connectivity index (χ0v) is 16.3. The number of fused-ring (bicyclic) bond motifs is 1. The van der Waals surface area contributed by atoms with Crippen LogP contribution in [0, 0.1) is 0 Å². The topological polar surface area (TPSA) is 65.5 Å². The Hall–Kier alpha value is -2.22. The van der Waals surface area contributed by atoms with Crippen molar-refractivity contribution in [2.75, 3.05) is 25.1 Å². The Balaban J connectivity index is 1.37.